The first-order valence-electron chi connectivity index (χ1n) is 5.06. The van der Waals surface area contributed by atoms with Gasteiger partial charge in [0.2, 0.25) is 0 Å². The molecule has 0 amide bonds. The molecule has 0 aliphatic carbocycles. The van der Waals surface area contributed by atoms with E-state index in [2.05, 4.69) is 25.7 Å². The summed E-state index contributed by atoms with van der Waals surface area (Å²) in [6.45, 7) is 3.99. The zero-order valence-electron chi connectivity index (χ0n) is 9.55. The predicted molar refractivity (Wildman–Crippen MR) is 59.8 cm³/mol. The van der Waals surface area contributed by atoms with E-state index in [1.54, 1.807) is 12.5 Å². The smallest absolute Gasteiger partial charge is 0.154 e. The highest BCUT2D eigenvalue weighted by molar-refractivity contribution is 5.36. The Labute approximate surface area is 93.7 Å². The Morgan fingerprint density at radius 1 is 1.31 bits per heavy atom. The molecular weight excluding hydrogens is 204 g/mol. The lowest BCUT2D eigenvalue weighted by molar-refractivity contribution is 0.714. The molecule has 0 aliphatic rings. The first kappa shape index (κ1) is 10.5. The number of aryl methyl sites for hydroxylation is 2. The summed E-state index contributed by atoms with van der Waals surface area (Å²) in [4.78, 5) is 0. The Balaban J connectivity index is 2.14. The minimum absolute atomic E-state index is 0.0450. The van der Waals surface area contributed by atoms with Gasteiger partial charge in [-0.05, 0) is 25.5 Å². The lowest BCUT2D eigenvalue weighted by atomic mass is 10.3. The lowest BCUT2D eigenvalue weighted by Crippen LogP contribution is -2.13. The molecule has 84 valence electrons. The minimum Gasteiger partial charge on any atom is -0.359 e. The van der Waals surface area contributed by atoms with Gasteiger partial charge in [0.15, 0.2) is 5.82 Å². The van der Waals surface area contributed by atoms with Gasteiger partial charge in [0, 0.05) is 7.05 Å². The Hall–Kier alpha value is -1.98. The first-order chi connectivity index (χ1) is 7.66. The molecule has 0 bridgehead atoms. The number of rotatable bonds is 3. The van der Waals surface area contributed by atoms with E-state index in [0.29, 0.717) is 0 Å². The third-order valence-corrected chi connectivity index (χ3v) is 2.29. The number of nitrogens with zero attached hydrogens (tertiary/aromatic N) is 5. The molecule has 2 aromatic heterocycles. The fraction of sp³-hybridized carbons (Fsp3) is 0.400. The third kappa shape index (κ3) is 2.16. The Morgan fingerprint density at radius 3 is 2.75 bits per heavy atom. The quantitative estimate of drug-likeness (QED) is 0.835. The first-order valence-corrected chi connectivity index (χ1v) is 5.06. The van der Waals surface area contributed by atoms with Gasteiger partial charge in [-0.1, -0.05) is 0 Å². The van der Waals surface area contributed by atoms with E-state index >= 15 is 0 Å². The van der Waals surface area contributed by atoms with Crippen LogP contribution in [0, 0.1) is 6.92 Å². The molecule has 0 saturated heterocycles. The summed E-state index contributed by atoms with van der Waals surface area (Å²) in [5.41, 5.74) is 1.07. The van der Waals surface area contributed by atoms with Gasteiger partial charge in [-0.25, -0.2) is 0 Å². The molecule has 6 heteroatoms. The SMILES string of the molecule is Cc1cnnc(NC(C)c2nncn2C)c1. The van der Waals surface area contributed by atoms with Crippen molar-refractivity contribution in [2.75, 3.05) is 5.32 Å². The second-order valence-electron chi connectivity index (χ2n) is 3.78. The molecule has 2 aromatic rings. The molecule has 0 radical (unpaired) electrons. The molecule has 0 spiro atoms. The van der Waals surface area contributed by atoms with E-state index in [9.17, 15) is 0 Å². The highest BCUT2D eigenvalue weighted by atomic mass is 15.3. The van der Waals surface area contributed by atoms with Crippen molar-refractivity contribution in [1.82, 2.24) is 25.0 Å². The zero-order valence-corrected chi connectivity index (χ0v) is 9.55. The van der Waals surface area contributed by atoms with E-state index in [4.69, 9.17) is 0 Å². The largest absolute Gasteiger partial charge is 0.359 e. The maximum absolute atomic E-state index is 4.04. The fourth-order valence-corrected chi connectivity index (χ4v) is 1.51. The number of nitrogens with one attached hydrogen (secondary N) is 1. The Morgan fingerprint density at radius 2 is 2.12 bits per heavy atom. The molecular formula is C10H14N6. The third-order valence-electron chi connectivity index (χ3n) is 2.29. The second kappa shape index (κ2) is 4.26. The van der Waals surface area contributed by atoms with Crippen molar-refractivity contribution < 1.29 is 0 Å². The summed E-state index contributed by atoms with van der Waals surface area (Å²) in [7, 11) is 1.91. The van der Waals surface area contributed by atoms with Gasteiger partial charge in [-0.3, -0.25) is 0 Å². The summed E-state index contributed by atoms with van der Waals surface area (Å²) in [6, 6.07) is 1.99. The van der Waals surface area contributed by atoms with Crippen LogP contribution < -0.4 is 5.32 Å². The summed E-state index contributed by atoms with van der Waals surface area (Å²) in [5, 5.41) is 19.0. The van der Waals surface area contributed by atoms with Crippen LogP contribution in [0.1, 0.15) is 24.4 Å². The van der Waals surface area contributed by atoms with Gasteiger partial charge >= 0.3 is 0 Å². The maximum atomic E-state index is 4.04. The van der Waals surface area contributed by atoms with Crippen molar-refractivity contribution in [3.8, 4) is 0 Å². The molecule has 2 rings (SSSR count). The minimum atomic E-state index is 0.0450. The average molecular weight is 218 g/mol. The van der Waals surface area contributed by atoms with Crippen molar-refractivity contribution in [2.45, 2.75) is 19.9 Å². The summed E-state index contributed by atoms with van der Waals surface area (Å²) >= 11 is 0. The van der Waals surface area contributed by atoms with E-state index in [0.717, 1.165) is 17.2 Å². The molecule has 0 aliphatic heterocycles. The molecule has 1 N–H and O–H groups in total. The summed E-state index contributed by atoms with van der Waals surface area (Å²) in [5.74, 6) is 1.61. The van der Waals surface area contributed by atoms with Crippen LogP contribution >= 0.6 is 0 Å². The van der Waals surface area contributed by atoms with E-state index < -0.39 is 0 Å². The van der Waals surface area contributed by atoms with Crippen molar-refractivity contribution in [3.63, 3.8) is 0 Å². The molecule has 0 fully saturated rings. The molecule has 1 unspecified atom stereocenters. The van der Waals surface area contributed by atoms with E-state index in [1.807, 2.05) is 31.5 Å². The van der Waals surface area contributed by atoms with Gasteiger partial charge < -0.3 is 9.88 Å². The molecule has 0 saturated carbocycles. The topological polar surface area (TPSA) is 68.5 Å². The number of hydrogen-bond acceptors (Lipinski definition) is 5. The molecule has 2 heterocycles. The van der Waals surface area contributed by atoms with Crippen molar-refractivity contribution in [1.29, 1.82) is 0 Å². The molecule has 16 heavy (non-hydrogen) atoms. The molecule has 6 nitrogen and oxygen atoms in total. The summed E-state index contributed by atoms with van der Waals surface area (Å²) in [6.07, 6.45) is 3.40. The van der Waals surface area contributed by atoms with Gasteiger partial charge in [-0.2, -0.15) is 5.10 Å². The Kier molecular flexibility index (Phi) is 2.80. The van der Waals surface area contributed by atoms with Crippen LogP contribution in [0.25, 0.3) is 0 Å². The van der Waals surface area contributed by atoms with Gasteiger partial charge in [-0.15, -0.1) is 15.3 Å². The van der Waals surface area contributed by atoms with Crippen molar-refractivity contribution >= 4 is 5.82 Å². The monoisotopic (exact) mass is 218 g/mol. The number of aromatic nitrogens is 5. The second-order valence-corrected chi connectivity index (χ2v) is 3.78. The van der Waals surface area contributed by atoms with Gasteiger partial charge in [0.25, 0.3) is 0 Å². The molecule has 0 aromatic carbocycles. The van der Waals surface area contributed by atoms with Crippen LogP contribution in [-0.2, 0) is 7.05 Å². The molecule has 1 atom stereocenters. The number of anilines is 1. The van der Waals surface area contributed by atoms with E-state index in [1.165, 1.54) is 0 Å². The maximum Gasteiger partial charge on any atom is 0.154 e. The fourth-order valence-electron chi connectivity index (χ4n) is 1.51. The normalized spacial score (nSPS) is 12.4. The van der Waals surface area contributed by atoms with Gasteiger partial charge in [0.05, 0.1) is 12.2 Å². The average Bonchev–Trinajstić information content (AvgIpc) is 2.64. The highest BCUT2D eigenvalue weighted by Crippen LogP contribution is 2.14. The van der Waals surface area contributed by atoms with Crippen LogP contribution in [0.2, 0.25) is 0 Å². The van der Waals surface area contributed by atoms with Crippen LogP contribution in [0.3, 0.4) is 0 Å². The van der Waals surface area contributed by atoms with Crippen LogP contribution in [0.5, 0.6) is 0 Å². The number of hydrogen-bond donors (Lipinski definition) is 1. The van der Waals surface area contributed by atoms with Gasteiger partial charge in [0.1, 0.15) is 12.1 Å². The predicted octanol–water partition coefficient (Wildman–Crippen LogP) is 1.09. The standard InChI is InChI=1S/C10H14N6/c1-7-4-9(14-11-5-7)13-8(2)10-15-12-6-16(10)3/h4-6,8H,1-3H3,(H,13,14). The van der Waals surface area contributed by atoms with Crippen LogP contribution in [-0.4, -0.2) is 25.0 Å². The Bertz CT molecular complexity index is 478. The lowest BCUT2D eigenvalue weighted by Gasteiger charge is -2.12. The van der Waals surface area contributed by atoms with Crippen LogP contribution in [0.4, 0.5) is 5.82 Å². The van der Waals surface area contributed by atoms with Crippen molar-refractivity contribution in [2.24, 2.45) is 7.05 Å². The highest BCUT2D eigenvalue weighted by Gasteiger charge is 2.11. The van der Waals surface area contributed by atoms with Crippen molar-refractivity contribution in [3.05, 3.63) is 30.0 Å². The van der Waals surface area contributed by atoms with Crippen LogP contribution in [0.15, 0.2) is 18.6 Å². The zero-order chi connectivity index (χ0) is 11.5. The van der Waals surface area contributed by atoms with E-state index in [-0.39, 0.29) is 6.04 Å². The summed E-state index contributed by atoms with van der Waals surface area (Å²) < 4.78 is 1.88.